The Hall–Kier alpha value is -3.48. The summed E-state index contributed by atoms with van der Waals surface area (Å²) >= 11 is 0. The van der Waals surface area contributed by atoms with Crippen LogP contribution in [0.15, 0.2) is 72.8 Å². The van der Waals surface area contributed by atoms with E-state index >= 15 is 0 Å². The van der Waals surface area contributed by atoms with Crippen LogP contribution < -0.4 is 14.2 Å². The number of para-hydroxylation sites is 1. The van der Waals surface area contributed by atoms with E-state index in [9.17, 15) is 18.0 Å². The third-order valence-corrected chi connectivity index (χ3v) is 5.70. The number of alkyl halides is 3. The molecule has 0 N–H and O–H groups in total. The second kappa shape index (κ2) is 8.81. The van der Waals surface area contributed by atoms with E-state index in [2.05, 4.69) is 4.74 Å². The number of aryl methyl sites for hydroxylation is 1. The van der Waals surface area contributed by atoms with Gasteiger partial charge in [-0.15, -0.1) is 13.2 Å². The molecule has 172 valence electrons. The summed E-state index contributed by atoms with van der Waals surface area (Å²) in [7, 11) is 0. The lowest BCUT2D eigenvalue weighted by Gasteiger charge is -2.34. The third kappa shape index (κ3) is 5.30. The van der Waals surface area contributed by atoms with Gasteiger partial charge in [0.25, 0.3) is 0 Å². The SMILES string of the molecule is CC(C)(Oc1cc(C(=O)Oc2ccccc2)ccc1OC(F)(F)F)C1CCc2ccccc21. The number of rotatable bonds is 6. The number of fused-ring (bicyclic) bond motifs is 1. The molecule has 0 fully saturated rings. The Kier molecular flexibility index (Phi) is 6.06. The van der Waals surface area contributed by atoms with Crippen LogP contribution in [0, 0.1) is 0 Å². The monoisotopic (exact) mass is 456 g/mol. The topological polar surface area (TPSA) is 44.8 Å². The molecule has 1 aliphatic carbocycles. The quantitative estimate of drug-likeness (QED) is 0.306. The molecular formula is C26H23F3O4. The van der Waals surface area contributed by atoms with Crippen LogP contribution >= 0.6 is 0 Å². The molecule has 1 unspecified atom stereocenters. The van der Waals surface area contributed by atoms with Crippen LogP contribution in [-0.4, -0.2) is 17.9 Å². The van der Waals surface area contributed by atoms with Gasteiger partial charge in [0, 0.05) is 5.92 Å². The Morgan fingerprint density at radius 2 is 1.58 bits per heavy atom. The zero-order chi connectivity index (χ0) is 23.6. The minimum atomic E-state index is -4.91. The molecule has 0 amide bonds. The molecule has 0 heterocycles. The van der Waals surface area contributed by atoms with Gasteiger partial charge in [-0.1, -0.05) is 42.5 Å². The zero-order valence-corrected chi connectivity index (χ0v) is 18.2. The van der Waals surface area contributed by atoms with Crippen molar-refractivity contribution in [3.05, 3.63) is 89.5 Å². The molecule has 0 aromatic heterocycles. The van der Waals surface area contributed by atoms with Gasteiger partial charge in [0.15, 0.2) is 11.5 Å². The van der Waals surface area contributed by atoms with E-state index in [1.54, 1.807) is 30.3 Å². The Morgan fingerprint density at radius 1 is 0.879 bits per heavy atom. The molecule has 0 radical (unpaired) electrons. The van der Waals surface area contributed by atoms with E-state index in [1.807, 2.05) is 38.1 Å². The van der Waals surface area contributed by atoms with Gasteiger partial charge in [0.2, 0.25) is 0 Å². The Balaban J connectivity index is 1.64. The Labute approximate surface area is 189 Å². The number of hydrogen-bond acceptors (Lipinski definition) is 4. The van der Waals surface area contributed by atoms with Crippen LogP contribution in [0.3, 0.4) is 0 Å². The van der Waals surface area contributed by atoms with Gasteiger partial charge in [-0.05, 0) is 68.1 Å². The molecule has 3 aromatic rings. The molecule has 0 saturated carbocycles. The van der Waals surface area contributed by atoms with Gasteiger partial charge in [-0.25, -0.2) is 4.79 Å². The molecule has 1 atom stereocenters. The van der Waals surface area contributed by atoms with E-state index in [0.717, 1.165) is 24.5 Å². The van der Waals surface area contributed by atoms with Crippen molar-refractivity contribution in [3.63, 3.8) is 0 Å². The van der Waals surface area contributed by atoms with E-state index in [0.29, 0.717) is 5.75 Å². The van der Waals surface area contributed by atoms with Crippen molar-refractivity contribution < 1.29 is 32.2 Å². The van der Waals surface area contributed by atoms with Crippen molar-refractivity contribution in [3.8, 4) is 17.2 Å². The van der Waals surface area contributed by atoms with Crippen LogP contribution in [0.25, 0.3) is 0 Å². The average Bonchev–Trinajstić information content (AvgIpc) is 3.20. The highest BCUT2D eigenvalue weighted by Crippen LogP contribution is 2.44. The highest BCUT2D eigenvalue weighted by Gasteiger charge is 2.39. The van der Waals surface area contributed by atoms with Crippen LogP contribution in [0.2, 0.25) is 0 Å². The summed E-state index contributed by atoms with van der Waals surface area (Å²) < 4.78 is 54.7. The summed E-state index contributed by atoms with van der Waals surface area (Å²) in [5.41, 5.74) is 1.50. The maximum Gasteiger partial charge on any atom is 0.573 e. The van der Waals surface area contributed by atoms with E-state index in [1.165, 1.54) is 17.7 Å². The first-order chi connectivity index (χ1) is 15.6. The lowest BCUT2D eigenvalue weighted by molar-refractivity contribution is -0.275. The van der Waals surface area contributed by atoms with Gasteiger partial charge in [-0.3, -0.25) is 0 Å². The number of halogens is 3. The maximum atomic E-state index is 13.0. The first-order valence-electron chi connectivity index (χ1n) is 10.6. The molecule has 0 aliphatic heterocycles. The second-order valence-electron chi connectivity index (χ2n) is 8.41. The number of benzene rings is 3. The molecule has 33 heavy (non-hydrogen) atoms. The molecule has 1 aliphatic rings. The summed E-state index contributed by atoms with van der Waals surface area (Å²) in [6.07, 6.45) is -3.24. The normalized spacial score (nSPS) is 15.6. The molecule has 3 aromatic carbocycles. The Bertz CT molecular complexity index is 1140. The smallest absolute Gasteiger partial charge is 0.483 e. The third-order valence-electron chi connectivity index (χ3n) is 5.70. The van der Waals surface area contributed by atoms with Crippen molar-refractivity contribution >= 4 is 5.97 Å². The van der Waals surface area contributed by atoms with Crippen molar-refractivity contribution in [1.82, 2.24) is 0 Å². The van der Waals surface area contributed by atoms with E-state index in [-0.39, 0.29) is 17.2 Å². The summed E-state index contributed by atoms with van der Waals surface area (Å²) in [6.45, 7) is 3.65. The van der Waals surface area contributed by atoms with Crippen LogP contribution in [0.5, 0.6) is 17.2 Å². The van der Waals surface area contributed by atoms with Gasteiger partial charge in [0.1, 0.15) is 11.4 Å². The summed E-state index contributed by atoms with van der Waals surface area (Å²) in [5, 5.41) is 0. The van der Waals surface area contributed by atoms with E-state index in [4.69, 9.17) is 9.47 Å². The highest BCUT2D eigenvalue weighted by atomic mass is 19.4. The number of esters is 1. The molecule has 0 saturated heterocycles. The fourth-order valence-corrected chi connectivity index (χ4v) is 4.21. The molecule has 0 bridgehead atoms. The first-order valence-corrected chi connectivity index (χ1v) is 10.6. The highest BCUT2D eigenvalue weighted by molar-refractivity contribution is 5.91. The minimum Gasteiger partial charge on any atom is -0.483 e. The maximum absolute atomic E-state index is 13.0. The second-order valence-corrected chi connectivity index (χ2v) is 8.41. The van der Waals surface area contributed by atoms with Gasteiger partial charge in [0.05, 0.1) is 5.56 Å². The van der Waals surface area contributed by atoms with Crippen molar-refractivity contribution in [2.24, 2.45) is 0 Å². The van der Waals surface area contributed by atoms with E-state index < -0.39 is 23.7 Å². The number of hydrogen-bond donors (Lipinski definition) is 0. The first kappa shape index (κ1) is 22.7. The molecule has 0 spiro atoms. The summed E-state index contributed by atoms with van der Waals surface area (Å²) in [5.74, 6) is -1.12. The molecular weight excluding hydrogens is 433 g/mol. The van der Waals surface area contributed by atoms with Gasteiger partial charge >= 0.3 is 12.3 Å². The van der Waals surface area contributed by atoms with Crippen molar-refractivity contribution in [2.45, 2.75) is 44.6 Å². The average molecular weight is 456 g/mol. The zero-order valence-electron chi connectivity index (χ0n) is 18.2. The minimum absolute atomic E-state index is 0.0348. The van der Waals surface area contributed by atoms with Crippen LogP contribution in [0.1, 0.15) is 47.7 Å². The fraction of sp³-hybridized carbons (Fsp3) is 0.269. The van der Waals surface area contributed by atoms with Crippen LogP contribution in [0.4, 0.5) is 13.2 Å². The standard InChI is InChI=1S/C26H23F3O4/c1-25(2,21-14-12-17-8-6-7-11-20(17)21)32-23-16-18(13-15-22(23)33-26(27,28)29)24(30)31-19-9-4-3-5-10-19/h3-11,13,15-16,21H,12,14H2,1-2H3. The summed E-state index contributed by atoms with van der Waals surface area (Å²) in [4.78, 5) is 12.6. The van der Waals surface area contributed by atoms with Crippen LogP contribution in [-0.2, 0) is 6.42 Å². The van der Waals surface area contributed by atoms with Crippen molar-refractivity contribution in [1.29, 1.82) is 0 Å². The fourth-order valence-electron chi connectivity index (χ4n) is 4.21. The molecule has 4 nitrogen and oxygen atoms in total. The Morgan fingerprint density at radius 3 is 2.30 bits per heavy atom. The summed E-state index contributed by atoms with van der Waals surface area (Å²) in [6, 6.07) is 19.9. The number of carbonyl (C=O) groups excluding carboxylic acids is 1. The van der Waals surface area contributed by atoms with Gasteiger partial charge < -0.3 is 14.2 Å². The number of ether oxygens (including phenoxy) is 3. The lowest BCUT2D eigenvalue weighted by atomic mass is 9.85. The van der Waals surface area contributed by atoms with Gasteiger partial charge in [-0.2, -0.15) is 0 Å². The number of carbonyl (C=O) groups is 1. The predicted molar refractivity (Wildman–Crippen MR) is 117 cm³/mol. The van der Waals surface area contributed by atoms with Crippen molar-refractivity contribution in [2.75, 3.05) is 0 Å². The molecule has 7 heteroatoms. The predicted octanol–water partition coefficient (Wildman–Crippen LogP) is 6.69. The lowest BCUT2D eigenvalue weighted by Crippen LogP contribution is -2.35. The largest absolute Gasteiger partial charge is 0.573 e. The molecule has 4 rings (SSSR count).